The lowest BCUT2D eigenvalue weighted by atomic mass is 10.0. The number of hydrogen-bond donors (Lipinski definition) is 0. The van der Waals surface area contributed by atoms with Crippen LogP contribution in [-0.4, -0.2) is 13.4 Å². The van der Waals surface area contributed by atoms with Crippen LogP contribution in [0.4, 0.5) is 0 Å². The first-order chi connectivity index (χ1) is 9.67. The minimum absolute atomic E-state index is 0.491. The molecule has 0 aliphatic heterocycles. The maximum absolute atomic E-state index is 11.1. The fourth-order valence-electron chi connectivity index (χ4n) is 2.17. The summed E-state index contributed by atoms with van der Waals surface area (Å²) in [6, 6.07) is 11.8. The van der Waals surface area contributed by atoms with Crippen molar-refractivity contribution < 1.29 is 14.3 Å². The second-order valence-corrected chi connectivity index (χ2v) is 4.66. The Hall–Kier alpha value is -2.29. The lowest BCUT2D eigenvalue weighted by Crippen LogP contribution is -2.02. The first-order valence-electron chi connectivity index (χ1n) is 6.47. The van der Waals surface area contributed by atoms with Gasteiger partial charge in [-0.25, -0.2) is 0 Å². The largest absolute Gasteiger partial charge is 0.496 e. The number of hydrogen-bond acceptors (Lipinski definition) is 3. The number of benzene rings is 2. The molecule has 0 aliphatic rings. The molecule has 0 aliphatic carbocycles. The maximum Gasteiger partial charge on any atom is 0.154 e. The third kappa shape index (κ3) is 2.82. The monoisotopic (exact) mass is 270 g/mol. The van der Waals surface area contributed by atoms with Crippen molar-refractivity contribution in [2.45, 2.75) is 20.5 Å². The van der Waals surface area contributed by atoms with Crippen LogP contribution in [0.25, 0.3) is 0 Å². The Morgan fingerprint density at radius 1 is 1.15 bits per heavy atom. The molecule has 0 unspecified atom stereocenters. The second-order valence-electron chi connectivity index (χ2n) is 4.66. The molecule has 0 heterocycles. The predicted octanol–water partition coefficient (Wildman–Crippen LogP) is 3.70. The molecule has 0 bridgehead atoms. The van der Waals surface area contributed by atoms with Crippen molar-refractivity contribution in [1.82, 2.24) is 0 Å². The molecular weight excluding hydrogens is 252 g/mol. The van der Waals surface area contributed by atoms with Gasteiger partial charge in [-0.05, 0) is 31.0 Å². The molecule has 0 aromatic heterocycles. The average molecular weight is 270 g/mol. The molecule has 0 spiro atoms. The van der Waals surface area contributed by atoms with Crippen LogP contribution in [-0.2, 0) is 6.61 Å². The maximum atomic E-state index is 11.1. The van der Waals surface area contributed by atoms with Gasteiger partial charge in [0.25, 0.3) is 0 Å². The summed E-state index contributed by atoms with van der Waals surface area (Å²) < 4.78 is 11.2. The normalized spacial score (nSPS) is 10.2. The van der Waals surface area contributed by atoms with Gasteiger partial charge in [0.15, 0.2) is 6.29 Å². The Morgan fingerprint density at radius 3 is 2.45 bits per heavy atom. The van der Waals surface area contributed by atoms with E-state index in [1.807, 2.05) is 50.2 Å². The average Bonchev–Trinajstić information content (AvgIpc) is 2.48. The van der Waals surface area contributed by atoms with Gasteiger partial charge in [0.05, 0.1) is 12.7 Å². The topological polar surface area (TPSA) is 35.5 Å². The molecule has 0 radical (unpaired) electrons. The second kappa shape index (κ2) is 6.24. The summed E-state index contributed by atoms with van der Waals surface area (Å²) in [5.41, 5.74) is 3.38. The zero-order valence-electron chi connectivity index (χ0n) is 12.0. The van der Waals surface area contributed by atoms with Gasteiger partial charge < -0.3 is 9.47 Å². The van der Waals surface area contributed by atoms with Crippen LogP contribution in [0.15, 0.2) is 36.4 Å². The lowest BCUT2D eigenvalue weighted by Gasteiger charge is -2.15. The van der Waals surface area contributed by atoms with E-state index in [0.717, 1.165) is 28.7 Å². The fraction of sp³-hybridized carbons (Fsp3) is 0.235. The number of carbonyl (C=O) groups is 1. The highest BCUT2D eigenvalue weighted by atomic mass is 16.5. The molecule has 0 N–H and O–H groups in total. The highest BCUT2D eigenvalue weighted by Crippen LogP contribution is 2.33. The molecule has 20 heavy (non-hydrogen) atoms. The highest BCUT2D eigenvalue weighted by Gasteiger charge is 2.14. The van der Waals surface area contributed by atoms with Gasteiger partial charge >= 0.3 is 0 Å². The molecule has 0 atom stereocenters. The van der Waals surface area contributed by atoms with Crippen molar-refractivity contribution in [2.75, 3.05) is 7.11 Å². The Labute approximate surface area is 119 Å². The number of carbonyl (C=O) groups excluding carboxylic acids is 1. The van der Waals surface area contributed by atoms with Crippen molar-refractivity contribution in [3.63, 3.8) is 0 Å². The van der Waals surface area contributed by atoms with Crippen LogP contribution in [0, 0.1) is 13.8 Å². The zero-order valence-corrected chi connectivity index (χ0v) is 12.0. The minimum atomic E-state index is 0.491. The molecule has 0 saturated heterocycles. The van der Waals surface area contributed by atoms with Crippen molar-refractivity contribution >= 4 is 6.29 Å². The smallest absolute Gasteiger partial charge is 0.154 e. The lowest BCUT2D eigenvalue weighted by molar-refractivity contribution is 0.111. The van der Waals surface area contributed by atoms with E-state index in [9.17, 15) is 4.79 Å². The summed E-state index contributed by atoms with van der Waals surface area (Å²) in [6.45, 7) is 4.26. The summed E-state index contributed by atoms with van der Waals surface area (Å²) in [4.78, 5) is 11.1. The molecule has 0 saturated carbocycles. The van der Waals surface area contributed by atoms with E-state index >= 15 is 0 Å². The molecule has 2 rings (SSSR count). The Morgan fingerprint density at radius 2 is 1.85 bits per heavy atom. The van der Waals surface area contributed by atoms with Gasteiger partial charge in [-0.2, -0.15) is 0 Å². The number of ether oxygens (including phenoxy) is 2. The first-order valence-corrected chi connectivity index (χ1v) is 6.47. The van der Waals surface area contributed by atoms with E-state index in [0.29, 0.717) is 17.9 Å². The van der Waals surface area contributed by atoms with E-state index in [1.165, 1.54) is 0 Å². The van der Waals surface area contributed by atoms with Gasteiger partial charge in [0, 0.05) is 5.56 Å². The van der Waals surface area contributed by atoms with Crippen LogP contribution in [0.1, 0.15) is 27.0 Å². The van der Waals surface area contributed by atoms with Crippen LogP contribution >= 0.6 is 0 Å². The van der Waals surface area contributed by atoms with Crippen LogP contribution in [0.5, 0.6) is 11.5 Å². The highest BCUT2D eigenvalue weighted by molar-refractivity contribution is 5.83. The Kier molecular flexibility index (Phi) is 4.41. The standard InChI is InChI=1S/C17H18O3/c1-12-9-16(13(2)17(19-3)15(12)10-18)20-11-14-7-5-4-6-8-14/h4-10H,11H2,1-3H3. The van der Waals surface area contributed by atoms with Gasteiger partial charge in [0.2, 0.25) is 0 Å². The molecule has 0 fully saturated rings. The number of rotatable bonds is 5. The SMILES string of the molecule is COc1c(C)c(OCc2ccccc2)cc(C)c1C=O. The fourth-order valence-corrected chi connectivity index (χ4v) is 2.17. The van der Waals surface area contributed by atoms with Gasteiger partial charge in [-0.15, -0.1) is 0 Å². The molecule has 2 aromatic rings. The Balaban J connectivity index is 2.28. The summed E-state index contributed by atoms with van der Waals surface area (Å²) in [5, 5.41) is 0. The van der Waals surface area contributed by atoms with E-state index in [1.54, 1.807) is 7.11 Å². The van der Waals surface area contributed by atoms with Crippen molar-refractivity contribution in [1.29, 1.82) is 0 Å². The summed E-state index contributed by atoms with van der Waals surface area (Å²) in [6.07, 6.45) is 0.822. The van der Waals surface area contributed by atoms with Crippen molar-refractivity contribution in [2.24, 2.45) is 0 Å². The molecule has 0 amide bonds. The van der Waals surface area contributed by atoms with Crippen LogP contribution in [0.3, 0.4) is 0 Å². The van der Waals surface area contributed by atoms with Gasteiger partial charge in [-0.1, -0.05) is 30.3 Å². The van der Waals surface area contributed by atoms with Crippen molar-refractivity contribution in [3.05, 3.63) is 58.7 Å². The third-order valence-electron chi connectivity index (χ3n) is 3.29. The molecular formula is C17H18O3. The molecule has 3 nitrogen and oxygen atoms in total. The Bertz CT molecular complexity index is 603. The van der Waals surface area contributed by atoms with Crippen LogP contribution in [0.2, 0.25) is 0 Å². The van der Waals surface area contributed by atoms with E-state index in [-0.39, 0.29) is 0 Å². The van der Waals surface area contributed by atoms with Crippen molar-refractivity contribution in [3.8, 4) is 11.5 Å². The predicted molar refractivity (Wildman–Crippen MR) is 78.6 cm³/mol. The number of aryl methyl sites for hydroxylation is 1. The minimum Gasteiger partial charge on any atom is -0.496 e. The number of methoxy groups -OCH3 is 1. The van der Waals surface area contributed by atoms with Gasteiger partial charge in [0.1, 0.15) is 18.1 Å². The van der Waals surface area contributed by atoms with Crippen LogP contribution < -0.4 is 9.47 Å². The molecule has 2 aromatic carbocycles. The van der Waals surface area contributed by atoms with Gasteiger partial charge in [-0.3, -0.25) is 4.79 Å². The summed E-state index contributed by atoms with van der Waals surface area (Å²) in [7, 11) is 1.57. The van der Waals surface area contributed by atoms with E-state index < -0.39 is 0 Å². The number of aldehydes is 1. The molecule has 104 valence electrons. The molecule has 3 heteroatoms. The zero-order chi connectivity index (χ0) is 14.5. The third-order valence-corrected chi connectivity index (χ3v) is 3.29. The summed E-state index contributed by atoms with van der Waals surface area (Å²) in [5.74, 6) is 1.33. The summed E-state index contributed by atoms with van der Waals surface area (Å²) >= 11 is 0. The quantitative estimate of drug-likeness (QED) is 0.777. The van der Waals surface area contributed by atoms with E-state index in [4.69, 9.17) is 9.47 Å². The first kappa shape index (κ1) is 14.1. The van der Waals surface area contributed by atoms with E-state index in [2.05, 4.69) is 0 Å².